The summed E-state index contributed by atoms with van der Waals surface area (Å²) in [6.45, 7) is 0. The molecule has 0 saturated carbocycles. The molecule has 1 aromatic rings. The number of ketones is 2. The van der Waals surface area contributed by atoms with Crippen molar-refractivity contribution < 1.29 is 9.59 Å². The second kappa shape index (κ2) is 3.34. The van der Waals surface area contributed by atoms with Gasteiger partial charge in [-0.3, -0.25) is 9.59 Å². The third-order valence-electron chi connectivity index (χ3n) is 2.13. The van der Waals surface area contributed by atoms with Gasteiger partial charge in [-0.05, 0) is 18.2 Å². The lowest BCUT2D eigenvalue weighted by molar-refractivity contribution is 0.0990. The minimum atomic E-state index is -0.379. The zero-order chi connectivity index (χ0) is 11.0. The van der Waals surface area contributed by atoms with Crippen molar-refractivity contribution in [3.05, 3.63) is 46.0 Å². The quantitative estimate of drug-likeness (QED) is 0.668. The largest absolute Gasteiger partial charge is 0.289 e. The van der Waals surface area contributed by atoms with Gasteiger partial charge in [0.2, 0.25) is 5.78 Å². The van der Waals surface area contributed by atoms with Crippen molar-refractivity contribution >= 4 is 23.2 Å². The number of nitrogens with zero attached hydrogens (tertiary/aromatic N) is 1. The fourth-order valence-electron chi connectivity index (χ4n) is 1.40. The molecule has 0 unspecified atom stereocenters. The first-order chi connectivity index (χ1) is 7.13. The summed E-state index contributed by atoms with van der Waals surface area (Å²) in [6.07, 6.45) is 1.08. The number of hydrogen-bond donors (Lipinski definition) is 0. The highest BCUT2D eigenvalue weighted by Crippen LogP contribution is 2.24. The Morgan fingerprint density at radius 1 is 1.20 bits per heavy atom. The molecule has 0 atom stereocenters. The molecule has 0 bridgehead atoms. The van der Waals surface area contributed by atoms with Crippen LogP contribution in [0.25, 0.3) is 0 Å². The molecule has 2 rings (SSSR count). The first-order valence-electron chi connectivity index (χ1n) is 4.14. The lowest BCUT2D eigenvalue weighted by Gasteiger charge is -2.10. The molecule has 72 valence electrons. The van der Waals surface area contributed by atoms with Crippen molar-refractivity contribution in [2.75, 3.05) is 0 Å². The van der Waals surface area contributed by atoms with Gasteiger partial charge in [0.1, 0.15) is 0 Å². The number of hydrogen-bond acceptors (Lipinski definition) is 3. The first-order valence-corrected chi connectivity index (χ1v) is 4.51. The van der Waals surface area contributed by atoms with Crippen LogP contribution in [-0.2, 0) is 0 Å². The fourth-order valence-corrected chi connectivity index (χ4v) is 1.60. The molecule has 0 heterocycles. The van der Waals surface area contributed by atoms with Crippen LogP contribution >= 0.6 is 11.6 Å². The van der Waals surface area contributed by atoms with Gasteiger partial charge in [0, 0.05) is 17.2 Å². The zero-order valence-corrected chi connectivity index (χ0v) is 8.21. The molecule has 0 aromatic heterocycles. The minimum Gasteiger partial charge on any atom is -0.289 e. The van der Waals surface area contributed by atoms with Crippen LogP contribution in [0.2, 0.25) is 0 Å². The molecule has 0 fully saturated rings. The van der Waals surface area contributed by atoms with E-state index in [1.807, 2.05) is 6.07 Å². The fraction of sp³-hybridized carbons (Fsp3) is 0. The lowest BCUT2D eigenvalue weighted by atomic mass is 9.93. The van der Waals surface area contributed by atoms with Crippen LogP contribution in [0.15, 0.2) is 29.3 Å². The summed E-state index contributed by atoms with van der Waals surface area (Å²) in [6, 6.07) is 6.24. The van der Waals surface area contributed by atoms with Gasteiger partial charge in [-0.1, -0.05) is 11.6 Å². The van der Waals surface area contributed by atoms with E-state index in [1.54, 1.807) is 0 Å². The summed E-state index contributed by atoms with van der Waals surface area (Å²) >= 11 is 5.59. The van der Waals surface area contributed by atoms with Gasteiger partial charge in [0.15, 0.2) is 5.78 Å². The Bertz CT molecular complexity index is 552. The van der Waals surface area contributed by atoms with E-state index in [1.165, 1.54) is 18.2 Å². The monoisotopic (exact) mass is 217 g/mol. The van der Waals surface area contributed by atoms with Crippen LogP contribution in [0.4, 0.5) is 0 Å². The van der Waals surface area contributed by atoms with E-state index in [-0.39, 0.29) is 27.7 Å². The van der Waals surface area contributed by atoms with Crippen LogP contribution < -0.4 is 0 Å². The highest BCUT2D eigenvalue weighted by molar-refractivity contribution is 6.49. The lowest BCUT2D eigenvalue weighted by Crippen LogP contribution is -2.14. The van der Waals surface area contributed by atoms with Crippen molar-refractivity contribution in [3.63, 3.8) is 0 Å². The Kier molecular flexibility index (Phi) is 2.14. The van der Waals surface area contributed by atoms with E-state index in [0.29, 0.717) is 5.56 Å². The van der Waals surface area contributed by atoms with Gasteiger partial charge in [-0.2, -0.15) is 5.26 Å². The normalized spacial score (nSPS) is 14.3. The third kappa shape index (κ3) is 1.45. The Morgan fingerprint density at radius 2 is 1.93 bits per heavy atom. The van der Waals surface area contributed by atoms with Gasteiger partial charge in [0.25, 0.3) is 0 Å². The first kappa shape index (κ1) is 9.63. The maximum atomic E-state index is 11.5. The van der Waals surface area contributed by atoms with Crippen LogP contribution in [0, 0.1) is 11.3 Å². The summed E-state index contributed by atoms with van der Waals surface area (Å²) < 4.78 is 0. The van der Waals surface area contributed by atoms with Crippen molar-refractivity contribution in [3.8, 4) is 6.07 Å². The average molecular weight is 218 g/mol. The third-order valence-corrected chi connectivity index (χ3v) is 2.41. The molecule has 1 aliphatic rings. The Hall–Kier alpha value is -1.92. The van der Waals surface area contributed by atoms with E-state index in [9.17, 15) is 9.59 Å². The summed E-state index contributed by atoms with van der Waals surface area (Å²) in [4.78, 5) is 23.0. The number of fused-ring (bicyclic) bond motifs is 1. The molecule has 0 N–H and O–H groups in total. The smallest absolute Gasteiger partial charge is 0.205 e. The van der Waals surface area contributed by atoms with E-state index in [4.69, 9.17) is 16.9 Å². The molecule has 1 aliphatic carbocycles. The molecule has 4 heteroatoms. The van der Waals surface area contributed by atoms with E-state index < -0.39 is 0 Å². The number of carbonyl (C=O) groups is 2. The molecule has 15 heavy (non-hydrogen) atoms. The molecule has 3 nitrogen and oxygen atoms in total. The van der Waals surface area contributed by atoms with Crippen molar-refractivity contribution in [2.45, 2.75) is 0 Å². The second-order valence-corrected chi connectivity index (χ2v) is 3.47. The topological polar surface area (TPSA) is 57.9 Å². The Labute approximate surface area is 90.6 Å². The molecular formula is C11H4ClNO2. The average Bonchev–Trinajstić information content (AvgIpc) is 2.25. The number of Topliss-reactive ketones (excluding diaryl/α,β-unsaturated/α-hetero) is 1. The number of benzene rings is 1. The number of nitriles is 1. The van der Waals surface area contributed by atoms with Crippen molar-refractivity contribution in [1.29, 1.82) is 5.26 Å². The molecular weight excluding hydrogens is 214 g/mol. The van der Waals surface area contributed by atoms with Gasteiger partial charge >= 0.3 is 0 Å². The summed E-state index contributed by atoms with van der Waals surface area (Å²) in [7, 11) is 0. The Morgan fingerprint density at radius 3 is 2.60 bits per heavy atom. The number of rotatable bonds is 0. The molecule has 0 aliphatic heterocycles. The van der Waals surface area contributed by atoms with E-state index >= 15 is 0 Å². The summed E-state index contributed by atoms with van der Waals surface area (Å²) in [5.41, 5.74) is 0.844. The van der Waals surface area contributed by atoms with Gasteiger partial charge < -0.3 is 0 Å². The second-order valence-electron chi connectivity index (χ2n) is 3.06. The maximum Gasteiger partial charge on any atom is 0.205 e. The summed E-state index contributed by atoms with van der Waals surface area (Å²) in [5, 5.41) is 8.57. The molecule has 0 radical (unpaired) electrons. The molecule has 0 amide bonds. The van der Waals surface area contributed by atoms with Crippen LogP contribution in [-0.4, -0.2) is 11.6 Å². The minimum absolute atomic E-state index is 0.0859. The van der Waals surface area contributed by atoms with Crippen molar-refractivity contribution in [2.24, 2.45) is 0 Å². The van der Waals surface area contributed by atoms with Gasteiger partial charge in [-0.25, -0.2) is 0 Å². The van der Waals surface area contributed by atoms with Crippen molar-refractivity contribution in [1.82, 2.24) is 0 Å². The predicted octanol–water partition coefficient (Wildman–Crippen LogP) is 2.06. The highest BCUT2D eigenvalue weighted by Gasteiger charge is 2.24. The number of carbonyl (C=O) groups excluding carboxylic acids is 2. The number of halogens is 1. The van der Waals surface area contributed by atoms with E-state index in [2.05, 4.69) is 0 Å². The van der Waals surface area contributed by atoms with Gasteiger partial charge in [0.05, 0.1) is 16.7 Å². The predicted molar refractivity (Wildman–Crippen MR) is 53.8 cm³/mol. The SMILES string of the molecule is N#Cc1ccc2c(c1)C(=O)C=C(Cl)C2=O. The number of allylic oxidation sites excluding steroid dienone is 2. The van der Waals surface area contributed by atoms with E-state index in [0.717, 1.165) is 6.08 Å². The standard InChI is InChI=1S/C11H4ClNO2/c12-9-4-10(14)8-3-6(5-13)1-2-7(8)11(9)15/h1-4H. The van der Waals surface area contributed by atoms with Crippen LogP contribution in [0.3, 0.4) is 0 Å². The molecule has 1 aromatic carbocycles. The van der Waals surface area contributed by atoms with Gasteiger partial charge in [-0.15, -0.1) is 0 Å². The molecule has 0 saturated heterocycles. The highest BCUT2D eigenvalue weighted by atomic mass is 35.5. The molecule has 0 spiro atoms. The maximum absolute atomic E-state index is 11.5. The van der Waals surface area contributed by atoms with Crippen LogP contribution in [0.5, 0.6) is 0 Å². The van der Waals surface area contributed by atoms with Crippen LogP contribution in [0.1, 0.15) is 26.3 Å². The Balaban J connectivity index is 2.68. The zero-order valence-electron chi connectivity index (χ0n) is 7.45. The summed E-state index contributed by atoms with van der Waals surface area (Å²) in [5.74, 6) is -0.720.